The summed E-state index contributed by atoms with van der Waals surface area (Å²) in [4.78, 5) is 63.0. The molecular formula is C57H89N5O15. The number of aromatic hydroxyl groups is 4. The fraction of sp³-hybridized carbons (Fsp3) is 0.596. The molecule has 0 aromatic heterocycles. The van der Waals surface area contributed by atoms with Crippen LogP contribution < -0.4 is 9.57 Å². The first-order valence-corrected chi connectivity index (χ1v) is 27.0. The van der Waals surface area contributed by atoms with Gasteiger partial charge in [0.2, 0.25) is 0 Å². The number of carbonyl (C=O) groups is 5. The van der Waals surface area contributed by atoms with Crippen molar-refractivity contribution in [2.75, 3.05) is 20.3 Å². The molecule has 0 saturated heterocycles. The van der Waals surface area contributed by atoms with Crippen molar-refractivity contribution in [1.29, 1.82) is 0 Å². The van der Waals surface area contributed by atoms with Crippen molar-refractivity contribution in [3.63, 3.8) is 0 Å². The third-order valence-corrected chi connectivity index (χ3v) is 11.8. The van der Waals surface area contributed by atoms with Gasteiger partial charge in [0.1, 0.15) is 28.7 Å². The van der Waals surface area contributed by atoms with E-state index in [1.165, 1.54) is 24.6 Å². The zero-order valence-electron chi connectivity index (χ0n) is 48.5. The largest absolute Gasteiger partial charge is 0.507 e. The Morgan fingerprint density at radius 3 is 1.35 bits per heavy atom. The molecule has 0 bridgehead atoms. The number of esters is 1. The molecule has 77 heavy (non-hydrogen) atoms. The zero-order valence-corrected chi connectivity index (χ0v) is 48.5. The number of rotatable bonds is 20. The lowest BCUT2D eigenvalue weighted by Gasteiger charge is -2.22. The number of hydrogen-bond donors (Lipinski definition) is 6. The van der Waals surface area contributed by atoms with Crippen molar-refractivity contribution in [1.82, 2.24) is 15.2 Å². The van der Waals surface area contributed by atoms with E-state index in [0.29, 0.717) is 81.9 Å². The third kappa shape index (κ3) is 19.8. The van der Waals surface area contributed by atoms with Gasteiger partial charge in [-0.2, -0.15) is 0 Å². The smallest absolute Gasteiger partial charge is 0.452 e. The number of carbonyl (C=O) groups excluding carboxylic acids is 5. The van der Waals surface area contributed by atoms with E-state index < -0.39 is 42.1 Å². The van der Waals surface area contributed by atoms with Gasteiger partial charge in [-0.05, 0) is 121 Å². The Bertz CT molecular complexity index is 2420. The maximum atomic E-state index is 12.5. The van der Waals surface area contributed by atoms with E-state index >= 15 is 0 Å². The van der Waals surface area contributed by atoms with Crippen molar-refractivity contribution in [2.45, 2.75) is 199 Å². The van der Waals surface area contributed by atoms with Crippen molar-refractivity contribution in [3.05, 3.63) is 68.3 Å². The number of ether oxygens (including phenoxy) is 3. The summed E-state index contributed by atoms with van der Waals surface area (Å²) < 4.78 is 14.0. The Morgan fingerprint density at radius 2 is 0.948 bits per heavy atom. The second-order valence-corrected chi connectivity index (χ2v) is 19.3. The fourth-order valence-electron chi connectivity index (χ4n) is 8.38. The molecule has 3 aromatic rings. The van der Waals surface area contributed by atoms with Gasteiger partial charge in [-0.25, -0.2) is 19.7 Å². The Balaban J connectivity index is 0.000000526. The Labute approximate surface area is 455 Å². The van der Waals surface area contributed by atoms with Gasteiger partial charge in [0, 0.05) is 36.2 Å². The summed E-state index contributed by atoms with van der Waals surface area (Å²) in [5.74, 6) is -0.0732. The SMILES string of the molecule is CCCc1cc(C(=O)N(O)C(C)C)c(O)c(CCC)c1O.CCCc1cc(C(=O)N(O)C(C)C)c(O)c(CCC)c1OC(C)=O.CCCc1cc2c(c(CCC)c1O)ON(C)C2C(C)C.CCOC(=O)N=NC(=O)OCC. The lowest BCUT2D eigenvalue weighted by Crippen LogP contribution is -2.34. The zero-order chi connectivity index (χ0) is 58.9. The normalized spacial score (nSPS) is 12.7. The van der Waals surface area contributed by atoms with Crippen LogP contribution in [-0.2, 0) is 52.8 Å². The van der Waals surface area contributed by atoms with Crippen LogP contribution in [0.4, 0.5) is 9.59 Å². The van der Waals surface area contributed by atoms with E-state index in [1.807, 2.05) is 39.8 Å². The summed E-state index contributed by atoms with van der Waals surface area (Å²) in [5, 5.41) is 70.3. The minimum Gasteiger partial charge on any atom is -0.507 e. The number of phenolic OH excluding ortho intramolecular Hbond substituents is 4. The first-order chi connectivity index (χ1) is 36.3. The second kappa shape index (κ2) is 34.3. The molecule has 432 valence electrons. The third-order valence-electron chi connectivity index (χ3n) is 11.8. The van der Waals surface area contributed by atoms with Crippen LogP contribution in [0.5, 0.6) is 34.5 Å². The summed E-state index contributed by atoms with van der Waals surface area (Å²) in [6.45, 7) is 28.1. The molecule has 1 heterocycles. The van der Waals surface area contributed by atoms with Crippen LogP contribution in [0, 0.1) is 5.92 Å². The lowest BCUT2D eigenvalue weighted by molar-refractivity contribution is -0.132. The minimum absolute atomic E-state index is 0.0222. The molecule has 1 aliphatic heterocycles. The molecule has 0 radical (unpaired) electrons. The molecule has 1 unspecified atom stereocenters. The van der Waals surface area contributed by atoms with Gasteiger partial charge >= 0.3 is 18.2 Å². The highest BCUT2D eigenvalue weighted by molar-refractivity contribution is 5.98. The number of aryl methyl sites for hydroxylation is 3. The Kier molecular flexibility index (Phi) is 30.5. The minimum atomic E-state index is -0.898. The monoisotopic (exact) mass is 1080 g/mol. The summed E-state index contributed by atoms with van der Waals surface area (Å²) in [6, 6.07) is 4.59. The van der Waals surface area contributed by atoms with Gasteiger partial charge in [0.15, 0.2) is 5.75 Å². The summed E-state index contributed by atoms with van der Waals surface area (Å²) in [5.41, 5.74) is 5.47. The van der Waals surface area contributed by atoms with Crippen LogP contribution in [0.2, 0.25) is 0 Å². The number of phenols is 4. The highest BCUT2D eigenvalue weighted by Crippen LogP contribution is 2.48. The molecule has 20 nitrogen and oxygen atoms in total. The predicted molar refractivity (Wildman–Crippen MR) is 292 cm³/mol. The molecule has 1 atom stereocenters. The van der Waals surface area contributed by atoms with E-state index in [1.54, 1.807) is 41.5 Å². The second-order valence-electron chi connectivity index (χ2n) is 19.3. The van der Waals surface area contributed by atoms with E-state index in [-0.39, 0.29) is 47.6 Å². The van der Waals surface area contributed by atoms with E-state index in [4.69, 9.17) is 9.57 Å². The molecule has 3 aromatic carbocycles. The van der Waals surface area contributed by atoms with Gasteiger partial charge in [0.05, 0.1) is 42.5 Å². The van der Waals surface area contributed by atoms with Crippen molar-refractivity contribution >= 4 is 30.0 Å². The number of nitrogens with zero attached hydrogens (tertiary/aromatic N) is 5. The topological polar surface area (TPSA) is 278 Å². The van der Waals surface area contributed by atoms with Crippen LogP contribution in [-0.4, -0.2) is 108 Å². The summed E-state index contributed by atoms with van der Waals surface area (Å²) in [6.07, 6.45) is 7.21. The highest BCUT2D eigenvalue weighted by atomic mass is 16.7. The predicted octanol–water partition coefficient (Wildman–Crippen LogP) is 12.7. The first-order valence-electron chi connectivity index (χ1n) is 27.0. The lowest BCUT2D eigenvalue weighted by atomic mass is 9.90. The van der Waals surface area contributed by atoms with Gasteiger partial charge in [-0.1, -0.05) is 104 Å². The Hall–Kier alpha value is -6.51. The molecule has 4 amide bonds. The molecule has 0 fully saturated rings. The molecule has 0 saturated carbocycles. The number of amides is 4. The number of azo groups is 1. The van der Waals surface area contributed by atoms with Gasteiger partial charge in [-0.15, -0.1) is 5.06 Å². The number of hydrogen-bond acceptors (Lipinski definition) is 16. The van der Waals surface area contributed by atoms with Crippen molar-refractivity contribution < 1.29 is 73.9 Å². The van der Waals surface area contributed by atoms with Crippen LogP contribution in [0.3, 0.4) is 0 Å². The standard InChI is InChI=1S/C18H27NO5.C17H27NO2.C16H25NO4.C6H10N2O4/c1-6-8-13-10-15(18(22)19(23)11(3)4)16(21)14(9-7-2)17(13)24-12(5)20;1-6-8-12-10-14-15(11(3)4)18(5)20-17(14)13(9-7-2)16(12)19;1-5-7-11-9-13(16(20)17(21)10(3)4)15(19)12(8-6-2)14(11)18;1-3-11-5(9)7-8-6(10)12-4-2/h10-11,21,23H,6-9H2,1-5H3;10-11,15,19H,6-9H2,1-5H3;9-10,18-19,21H,5-8H2,1-4H3;3-4H2,1-2H3. The molecule has 4 rings (SSSR count). The molecular weight excluding hydrogens is 995 g/mol. The number of benzene rings is 3. The Morgan fingerprint density at radius 1 is 0.571 bits per heavy atom. The van der Waals surface area contributed by atoms with Gasteiger partial charge in [0.25, 0.3) is 11.8 Å². The van der Waals surface area contributed by atoms with Crippen molar-refractivity contribution in [2.24, 2.45) is 16.1 Å². The summed E-state index contributed by atoms with van der Waals surface area (Å²) >= 11 is 0. The molecule has 20 heteroatoms. The quantitative estimate of drug-likeness (QED) is 0.0202. The average Bonchev–Trinajstić information content (AvgIpc) is 3.71. The van der Waals surface area contributed by atoms with Crippen LogP contribution >= 0.6 is 0 Å². The number of hydroxylamine groups is 6. The van der Waals surface area contributed by atoms with Crippen molar-refractivity contribution in [3.8, 4) is 34.5 Å². The summed E-state index contributed by atoms with van der Waals surface area (Å²) in [7, 11) is 1.98. The van der Waals surface area contributed by atoms with Crippen LogP contribution in [0.15, 0.2) is 28.4 Å². The van der Waals surface area contributed by atoms with E-state index in [0.717, 1.165) is 61.8 Å². The average molecular weight is 1080 g/mol. The van der Waals surface area contributed by atoms with Crippen LogP contribution in [0.25, 0.3) is 0 Å². The van der Waals surface area contributed by atoms with Gasteiger partial charge < -0.3 is 39.5 Å². The first kappa shape index (κ1) is 68.5. The number of fused-ring (bicyclic) bond motifs is 1. The van der Waals surface area contributed by atoms with E-state index in [2.05, 4.69) is 53.5 Å². The maximum Gasteiger partial charge on any atom is 0.452 e. The van der Waals surface area contributed by atoms with Gasteiger partial charge in [-0.3, -0.25) is 24.8 Å². The highest BCUT2D eigenvalue weighted by Gasteiger charge is 2.36. The molecule has 6 N–H and O–H groups in total. The van der Waals surface area contributed by atoms with Crippen LogP contribution in [0.1, 0.15) is 208 Å². The van der Waals surface area contributed by atoms with E-state index in [9.17, 15) is 54.8 Å². The molecule has 1 aliphatic rings. The fourth-order valence-corrected chi connectivity index (χ4v) is 8.38. The maximum absolute atomic E-state index is 12.5. The molecule has 0 aliphatic carbocycles. The molecule has 0 spiro atoms.